The van der Waals surface area contributed by atoms with Gasteiger partial charge in [-0.1, -0.05) is 6.58 Å². The van der Waals surface area contributed by atoms with E-state index >= 15 is 0 Å². The molecule has 1 fully saturated rings. The first kappa shape index (κ1) is 7.61. The fourth-order valence-corrected chi connectivity index (χ4v) is 1.22. The summed E-state index contributed by atoms with van der Waals surface area (Å²) in [5.74, 6) is 0. The monoisotopic (exact) mass is 140 g/mol. The molecule has 1 rings (SSSR count). The smallest absolute Gasteiger partial charge is 0.0460 e. The second-order valence-electron chi connectivity index (χ2n) is 3.07. The summed E-state index contributed by atoms with van der Waals surface area (Å²) in [6.45, 7) is 8.46. The van der Waals surface area contributed by atoms with Gasteiger partial charge in [0.1, 0.15) is 0 Å². The fraction of sp³-hybridized carbons (Fsp3) is 0.750. The third kappa shape index (κ3) is 1.16. The molecule has 0 saturated carbocycles. The molecule has 0 amide bonds. The van der Waals surface area contributed by atoms with Crippen LogP contribution in [0.15, 0.2) is 12.3 Å². The molecule has 58 valence electrons. The van der Waals surface area contributed by atoms with Gasteiger partial charge in [-0.05, 0) is 14.0 Å². The summed E-state index contributed by atoms with van der Waals surface area (Å²) in [6, 6.07) is 0.513. The number of likely N-dealkylation sites (N-methyl/N-ethyl adjacent to an activating group) is 2. The molecule has 2 heteroatoms. The summed E-state index contributed by atoms with van der Waals surface area (Å²) in [5, 5.41) is 0. The van der Waals surface area contributed by atoms with Crippen molar-refractivity contribution in [2.45, 2.75) is 13.0 Å². The van der Waals surface area contributed by atoms with E-state index in [0.717, 1.165) is 13.1 Å². The van der Waals surface area contributed by atoms with Gasteiger partial charge in [-0.15, -0.1) is 0 Å². The molecule has 1 saturated heterocycles. The third-order valence-electron chi connectivity index (χ3n) is 2.42. The average molecular weight is 140 g/mol. The summed E-state index contributed by atoms with van der Waals surface area (Å²) in [7, 11) is 4.24. The zero-order valence-electron chi connectivity index (χ0n) is 7.09. The van der Waals surface area contributed by atoms with Gasteiger partial charge < -0.3 is 4.90 Å². The van der Waals surface area contributed by atoms with Crippen molar-refractivity contribution < 1.29 is 0 Å². The van der Waals surface area contributed by atoms with Crippen LogP contribution in [0.25, 0.3) is 0 Å². The van der Waals surface area contributed by atoms with Crippen molar-refractivity contribution >= 4 is 0 Å². The number of hydrogen-bond donors (Lipinski definition) is 0. The van der Waals surface area contributed by atoms with Crippen LogP contribution in [0.3, 0.4) is 0 Å². The van der Waals surface area contributed by atoms with Crippen LogP contribution in [0.1, 0.15) is 6.92 Å². The van der Waals surface area contributed by atoms with Crippen LogP contribution in [0.4, 0.5) is 0 Å². The van der Waals surface area contributed by atoms with Gasteiger partial charge in [0.25, 0.3) is 0 Å². The summed E-state index contributed by atoms with van der Waals surface area (Å²) in [6.07, 6.45) is 0. The van der Waals surface area contributed by atoms with E-state index in [9.17, 15) is 0 Å². The van der Waals surface area contributed by atoms with Gasteiger partial charge in [-0.3, -0.25) is 4.90 Å². The van der Waals surface area contributed by atoms with E-state index in [1.807, 2.05) is 0 Å². The second kappa shape index (κ2) is 2.62. The second-order valence-corrected chi connectivity index (χ2v) is 3.07. The Morgan fingerprint density at radius 2 is 2.00 bits per heavy atom. The SMILES string of the molecule is C=C1[C@H](C)N(C)CCN1C. The Hall–Kier alpha value is -0.500. The van der Waals surface area contributed by atoms with Crippen molar-refractivity contribution in [3.05, 3.63) is 12.3 Å². The van der Waals surface area contributed by atoms with Gasteiger partial charge in [-0.25, -0.2) is 0 Å². The molecule has 0 bridgehead atoms. The Bertz CT molecular complexity index is 142. The molecule has 0 aromatic heterocycles. The normalized spacial score (nSPS) is 29.3. The molecule has 10 heavy (non-hydrogen) atoms. The lowest BCUT2D eigenvalue weighted by Gasteiger charge is -2.38. The highest BCUT2D eigenvalue weighted by atomic mass is 15.3. The van der Waals surface area contributed by atoms with E-state index in [0.29, 0.717) is 6.04 Å². The maximum Gasteiger partial charge on any atom is 0.0460 e. The maximum atomic E-state index is 4.01. The van der Waals surface area contributed by atoms with Crippen molar-refractivity contribution in [1.82, 2.24) is 9.80 Å². The molecule has 1 aliphatic rings. The number of nitrogens with zero attached hydrogens (tertiary/aromatic N) is 2. The van der Waals surface area contributed by atoms with E-state index in [-0.39, 0.29) is 0 Å². The highest BCUT2D eigenvalue weighted by Crippen LogP contribution is 2.14. The van der Waals surface area contributed by atoms with Crippen LogP contribution in [0.5, 0.6) is 0 Å². The first-order chi connectivity index (χ1) is 4.63. The minimum Gasteiger partial charge on any atom is -0.376 e. The number of hydrogen-bond acceptors (Lipinski definition) is 2. The lowest BCUT2D eigenvalue weighted by Crippen LogP contribution is -2.46. The van der Waals surface area contributed by atoms with Crippen molar-refractivity contribution in [2.24, 2.45) is 0 Å². The number of rotatable bonds is 0. The van der Waals surface area contributed by atoms with E-state index in [1.54, 1.807) is 0 Å². The highest BCUT2D eigenvalue weighted by molar-refractivity contribution is 5.05. The van der Waals surface area contributed by atoms with Gasteiger partial charge in [-0.2, -0.15) is 0 Å². The predicted molar refractivity (Wildman–Crippen MR) is 43.9 cm³/mol. The van der Waals surface area contributed by atoms with Crippen LogP contribution in [0.2, 0.25) is 0 Å². The van der Waals surface area contributed by atoms with Crippen molar-refractivity contribution in [1.29, 1.82) is 0 Å². The van der Waals surface area contributed by atoms with Gasteiger partial charge in [0.2, 0.25) is 0 Å². The van der Waals surface area contributed by atoms with E-state index in [2.05, 4.69) is 37.4 Å². The Morgan fingerprint density at radius 1 is 1.40 bits per heavy atom. The van der Waals surface area contributed by atoms with Gasteiger partial charge in [0, 0.05) is 31.9 Å². The zero-order chi connectivity index (χ0) is 7.72. The highest BCUT2D eigenvalue weighted by Gasteiger charge is 2.20. The Morgan fingerprint density at radius 3 is 2.50 bits per heavy atom. The Kier molecular flexibility index (Phi) is 2.00. The van der Waals surface area contributed by atoms with E-state index in [4.69, 9.17) is 0 Å². The fourth-order valence-electron chi connectivity index (χ4n) is 1.22. The van der Waals surface area contributed by atoms with Crippen molar-refractivity contribution in [3.8, 4) is 0 Å². The Balaban J connectivity index is 2.60. The van der Waals surface area contributed by atoms with E-state index in [1.165, 1.54) is 5.70 Å². The molecule has 0 aromatic carbocycles. The molecule has 0 N–H and O–H groups in total. The van der Waals surface area contributed by atoms with Gasteiger partial charge in [0.15, 0.2) is 0 Å². The zero-order valence-corrected chi connectivity index (χ0v) is 7.09. The molecule has 0 unspecified atom stereocenters. The maximum absolute atomic E-state index is 4.01. The Labute approximate surface area is 63.1 Å². The lowest BCUT2D eigenvalue weighted by molar-refractivity contribution is 0.175. The molecule has 2 nitrogen and oxygen atoms in total. The lowest BCUT2D eigenvalue weighted by atomic mass is 10.1. The largest absolute Gasteiger partial charge is 0.376 e. The molecular weight excluding hydrogens is 124 g/mol. The standard InChI is InChI=1S/C8H16N2/c1-7-8(2)10(4)6-5-9(7)3/h8H,1,5-6H2,2-4H3/t8-/m0/s1. The molecule has 1 aliphatic heterocycles. The molecule has 0 spiro atoms. The van der Waals surface area contributed by atoms with Crippen molar-refractivity contribution in [3.63, 3.8) is 0 Å². The predicted octanol–water partition coefficient (Wildman–Crippen LogP) is 0.766. The number of piperazine rings is 1. The quantitative estimate of drug-likeness (QED) is 0.490. The average Bonchev–Trinajstić information content (AvgIpc) is 1.93. The summed E-state index contributed by atoms with van der Waals surface area (Å²) < 4.78 is 0. The molecule has 0 radical (unpaired) electrons. The van der Waals surface area contributed by atoms with Crippen LogP contribution in [0, 0.1) is 0 Å². The van der Waals surface area contributed by atoms with Gasteiger partial charge in [0.05, 0.1) is 0 Å². The molecule has 1 heterocycles. The van der Waals surface area contributed by atoms with Crippen LogP contribution in [-0.4, -0.2) is 43.0 Å². The van der Waals surface area contributed by atoms with Gasteiger partial charge >= 0.3 is 0 Å². The van der Waals surface area contributed by atoms with Crippen molar-refractivity contribution in [2.75, 3.05) is 27.2 Å². The third-order valence-corrected chi connectivity index (χ3v) is 2.42. The van der Waals surface area contributed by atoms with Crippen LogP contribution < -0.4 is 0 Å². The summed E-state index contributed by atoms with van der Waals surface area (Å²) in [4.78, 5) is 4.55. The first-order valence-electron chi connectivity index (χ1n) is 3.73. The minimum atomic E-state index is 0.513. The first-order valence-corrected chi connectivity index (χ1v) is 3.73. The minimum absolute atomic E-state index is 0.513. The van der Waals surface area contributed by atoms with E-state index < -0.39 is 0 Å². The molecule has 1 atom stereocenters. The topological polar surface area (TPSA) is 6.48 Å². The molecule has 0 aromatic rings. The van der Waals surface area contributed by atoms with Crippen LogP contribution in [-0.2, 0) is 0 Å². The summed E-state index contributed by atoms with van der Waals surface area (Å²) >= 11 is 0. The summed E-state index contributed by atoms with van der Waals surface area (Å²) in [5.41, 5.74) is 1.23. The van der Waals surface area contributed by atoms with Crippen LogP contribution >= 0.6 is 0 Å². The molecule has 0 aliphatic carbocycles. The molecular formula is C8H16N2.